The van der Waals surface area contributed by atoms with Crippen molar-refractivity contribution in [2.45, 2.75) is 6.04 Å². The fourth-order valence-electron chi connectivity index (χ4n) is 3.41. The Hall–Kier alpha value is -4.77. The Morgan fingerprint density at radius 2 is 1.69 bits per heavy atom. The molecule has 0 aliphatic heterocycles. The van der Waals surface area contributed by atoms with Crippen molar-refractivity contribution < 1.29 is 9.90 Å². The number of aromatic nitrogens is 3. The summed E-state index contributed by atoms with van der Waals surface area (Å²) >= 11 is 0. The average molecular weight is 422 g/mol. The molecule has 156 valence electrons. The summed E-state index contributed by atoms with van der Waals surface area (Å²) in [5.74, 6) is 0.719. The predicted octanol–water partition coefficient (Wildman–Crippen LogP) is 4.76. The van der Waals surface area contributed by atoms with Gasteiger partial charge >= 0.3 is 6.09 Å². The number of carboxylic acid groups (broad SMARTS) is 1. The van der Waals surface area contributed by atoms with E-state index in [-0.39, 0.29) is 11.9 Å². The van der Waals surface area contributed by atoms with Crippen LogP contribution in [0.1, 0.15) is 22.7 Å². The smallest absolute Gasteiger partial charge is 0.410 e. The summed E-state index contributed by atoms with van der Waals surface area (Å²) in [6.07, 6.45) is 5.66. The molecule has 1 aromatic carbocycles. The third-order valence-corrected chi connectivity index (χ3v) is 4.75. The topological polar surface area (TPSA) is 115 Å². The number of pyridine rings is 3. The second-order valence-electron chi connectivity index (χ2n) is 6.82. The highest BCUT2D eigenvalue weighted by Crippen LogP contribution is 2.38. The third kappa shape index (κ3) is 4.52. The fourth-order valence-corrected chi connectivity index (χ4v) is 3.41. The molecular weight excluding hydrogens is 404 g/mol. The van der Waals surface area contributed by atoms with Crippen LogP contribution < -0.4 is 10.2 Å². The maximum Gasteiger partial charge on any atom is 0.410 e. The summed E-state index contributed by atoms with van der Waals surface area (Å²) in [5.41, 5.74) is 3.10. The van der Waals surface area contributed by atoms with Gasteiger partial charge in [0.05, 0.1) is 29.6 Å². The van der Waals surface area contributed by atoms with Gasteiger partial charge in [-0.2, -0.15) is 5.26 Å². The maximum absolute atomic E-state index is 11.1. The van der Waals surface area contributed by atoms with Gasteiger partial charge in [-0.05, 0) is 53.6 Å². The van der Waals surface area contributed by atoms with Crippen LogP contribution in [0.15, 0.2) is 91.5 Å². The van der Waals surface area contributed by atoms with E-state index in [4.69, 9.17) is 5.11 Å². The molecule has 8 nitrogen and oxygen atoms in total. The molecule has 0 bridgehead atoms. The van der Waals surface area contributed by atoms with E-state index in [1.54, 1.807) is 55.1 Å². The number of hydrogen-bond donors (Lipinski definition) is 2. The molecular formula is C24H18N6O2. The molecule has 0 aliphatic carbocycles. The van der Waals surface area contributed by atoms with Gasteiger partial charge in [0.1, 0.15) is 11.6 Å². The van der Waals surface area contributed by atoms with Gasteiger partial charge in [-0.3, -0.25) is 15.3 Å². The molecule has 0 fully saturated rings. The number of nitriles is 1. The number of nitrogens with one attached hydrogen (secondary N) is 1. The third-order valence-electron chi connectivity index (χ3n) is 4.75. The number of carbonyl (C=O) groups is 1. The van der Waals surface area contributed by atoms with Crippen LogP contribution in [0.4, 0.5) is 22.1 Å². The summed E-state index contributed by atoms with van der Waals surface area (Å²) in [5, 5.41) is 20.6. The van der Waals surface area contributed by atoms with E-state index in [1.807, 2.05) is 41.3 Å². The molecule has 3 heterocycles. The molecule has 4 rings (SSSR count). The zero-order valence-electron chi connectivity index (χ0n) is 16.8. The van der Waals surface area contributed by atoms with Crippen LogP contribution in [0.5, 0.6) is 0 Å². The Bertz CT molecular complexity index is 1240. The molecule has 0 saturated carbocycles. The molecule has 1 unspecified atom stereocenters. The normalized spacial score (nSPS) is 11.2. The van der Waals surface area contributed by atoms with Gasteiger partial charge in [0, 0.05) is 18.6 Å². The van der Waals surface area contributed by atoms with Crippen molar-refractivity contribution in [3.63, 3.8) is 0 Å². The SMILES string of the molecule is N#Cc1ccc(C(c2cccnc2)N(c2cccnc2)c2cccc(NC(=O)O)n2)cc1. The van der Waals surface area contributed by atoms with Gasteiger partial charge < -0.3 is 10.0 Å². The van der Waals surface area contributed by atoms with Crippen molar-refractivity contribution in [1.82, 2.24) is 15.0 Å². The van der Waals surface area contributed by atoms with Gasteiger partial charge in [-0.1, -0.05) is 24.3 Å². The van der Waals surface area contributed by atoms with E-state index in [0.29, 0.717) is 11.4 Å². The van der Waals surface area contributed by atoms with Crippen molar-refractivity contribution in [3.8, 4) is 6.07 Å². The van der Waals surface area contributed by atoms with Gasteiger partial charge in [-0.15, -0.1) is 0 Å². The number of rotatable bonds is 6. The van der Waals surface area contributed by atoms with Crippen LogP contribution in [0.25, 0.3) is 0 Å². The lowest BCUT2D eigenvalue weighted by atomic mass is 9.96. The molecule has 2 N–H and O–H groups in total. The maximum atomic E-state index is 11.1. The average Bonchev–Trinajstić information content (AvgIpc) is 2.83. The summed E-state index contributed by atoms with van der Waals surface area (Å²) in [6.45, 7) is 0. The first-order valence-electron chi connectivity index (χ1n) is 9.72. The summed E-state index contributed by atoms with van der Waals surface area (Å²) in [7, 11) is 0. The first-order chi connectivity index (χ1) is 15.7. The highest BCUT2D eigenvalue weighted by Gasteiger charge is 2.26. The molecule has 3 aromatic heterocycles. The van der Waals surface area contributed by atoms with Crippen LogP contribution in [0.2, 0.25) is 0 Å². The van der Waals surface area contributed by atoms with Gasteiger partial charge in [0.25, 0.3) is 0 Å². The van der Waals surface area contributed by atoms with Gasteiger partial charge in [0.2, 0.25) is 0 Å². The fraction of sp³-hybridized carbons (Fsp3) is 0.0417. The van der Waals surface area contributed by atoms with Gasteiger partial charge in [-0.25, -0.2) is 9.78 Å². The summed E-state index contributed by atoms with van der Waals surface area (Å²) < 4.78 is 0. The number of hydrogen-bond acceptors (Lipinski definition) is 6. The molecule has 0 saturated heterocycles. The Morgan fingerprint density at radius 1 is 0.938 bits per heavy atom. The number of amides is 1. The van der Waals surface area contributed by atoms with Crippen LogP contribution in [-0.2, 0) is 0 Å². The second-order valence-corrected chi connectivity index (χ2v) is 6.82. The molecule has 8 heteroatoms. The Kier molecular flexibility index (Phi) is 6.00. The van der Waals surface area contributed by atoms with Crippen LogP contribution in [0, 0.1) is 11.3 Å². The van der Waals surface area contributed by atoms with E-state index in [2.05, 4.69) is 26.3 Å². The van der Waals surface area contributed by atoms with Crippen LogP contribution >= 0.6 is 0 Å². The molecule has 0 aliphatic rings. The van der Waals surface area contributed by atoms with E-state index < -0.39 is 6.09 Å². The Morgan fingerprint density at radius 3 is 2.31 bits per heavy atom. The lowest BCUT2D eigenvalue weighted by molar-refractivity contribution is 0.209. The monoisotopic (exact) mass is 422 g/mol. The zero-order valence-corrected chi connectivity index (χ0v) is 16.8. The molecule has 1 atom stereocenters. The molecule has 0 radical (unpaired) electrons. The van der Waals surface area contributed by atoms with Crippen molar-refractivity contribution in [2.75, 3.05) is 10.2 Å². The van der Waals surface area contributed by atoms with E-state index in [9.17, 15) is 10.1 Å². The summed E-state index contributed by atoms with van der Waals surface area (Å²) in [6, 6.07) is 21.7. The molecule has 0 spiro atoms. The molecule has 1 amide bonds. The van der Waals surface area contributed by atoms with Crippen molar-refractivity contribution in [3.05, 3.63) is 108 Å². The quantitative estimate of drug-likeness (QED) is 0.460. The minimum Gasteiger partial charge on any atom is -0.465 e. The van der Waals surface area contributed by atoms with E-state index >= 15 is 0 Å². The first-order valence-corrected chi connectivity index (χ1v) is 9.72. The zero-order chi connectivity index (χ0) is 22.3. The standard InChI is InChI=1S/C24H18N6O2/c25-14-17-8-10-18(11-9-17)23(19-4-2-12-26-15-19)30(20-5-3-13-27-16-20)22-7-1-6-21(28-22)29-24(31)32/h1-13,15-16,23H,(H,28,29)(H,31,32). The lowest BCUT2D eigenvalue weighted by Gasteiger charge is -2.33. The predicted molar refractivity (Wildman–Crippen MR) is 119 cm³/mol. The first kappa shape index (κ1) is 20.5. The van der Waals surface area contributed by atoms with Crippen LogP contribution in [-0.4, -0.2) is 26.2 Å². The lowest BCUT2D eigenvalue weighted by Crippen LogP contribution is -2.26. The molecule has 4 aromatic rings. The van der Waals surface area contributed by atoms with E-state index in [0.717, 1.165) is 16.8 Å². The van der Waals surface area contributed by atoms with Crippen LogP contribution in [0.3, 0.4) is 0 Å². The van der Waals surface area contributed by atoms with Crippen molar-refractivity contribution in [2.24, 2.45) is 0 Å². The summed E-state index contributed by atoms with van der Waals surface area (Å²) in [4.78, 5) is 26.2. The highest BCUT2D eigenvalue weighted by atomic mass is 16.4. The van der Waals surface area contributed by atoms with Crippen molar-refractivity contribution >= 4 is 23.4 Å². The molecule has 32 heavy (non-hydrogen) atoms. The minimum atomic E-state index is -1.20. The largest absolute Gasteiger partial charge is 0.465 e. The minimum absolute atomic E-state index is 0.202. The number of benzene rings is 1. The second kappa shape index (κ2) is 9.36. The Balaban J connectivity index is 1.91. The van der Waals surface area contributed by atoms with E-state index in [1.165, 1.54) is 0 Å². The Labute approximate surface area is 184 Å². The van der Waals surface area contributed by atoms with Gasteiger partial charge in [0.15, 0.2) is 0 Å². The number of nitrogens with zero attached hydrogens (tertiary/aromatic N) is 5. The highest BCUT2D eigenvalue weighted by molar-refractivity contribution is 5.82. The number of anilines is 3. The van der Waals surface area contributed by atoms with Crippen molar-refractivity contribution in [1.29, 1.82) is 5.26 Å².